The summed E-state index contributed by atoms with van der Waals surface area (Å²) in [5.41, 5.74) is 0.0601. The molecule has 0 spiro atoms. The molecule has 0 radical (unpaired) electrons. The summed E-state index contributed by atoms with van der Waals surface area (Å²) in [6.07, 6.45) is 1.71. The number of hydrogen-bond donors (Lipinski definition) is 2. The van der Waals surface area contributed by atoms with E-state index in [0.29, 0.717) is 5.92 Å². The van der Waals surface area contributed by atoms with Crippen LogP contribution in [0, 0.1) is 11.7 Å². The summed E-state index contributed by atoms with van der Waals surface area (Å²) >= 11 is 5.63. The third kappa shape index (κ3) is 3.08. The zero-order valence-corrected chi connectivity index (χ0v) is 11.9. The Hall–Kier alpha value is -0.690. The van der Waals surface area contributed by atoms with Crippen LogP contribution in [0.25, 0.3) is 0 Å². The first-order chi connectivity index (χ1) is 8.89. The summed E-state index contributed by atoms with van der Waals surface area (Å²) in [7, 11) is -3.77. The molecule has 7 heteroatoms. The third-order valence-electron chi connectivity index (χ3n) is 3.31. The number of nitrogens with one attached hydrogen (secondary N) is 1. The highest BCUT2D eigenvalue weighted by atomic mass is 35.5. The lowest BCUT2D eigenvalue weighted by molar-refractivity contribution is 0.281. The van der Waals surface area contributed by atoms with Crippen LogP contribution in [0.3, 0.4) is 0 Å². The highest BCUT2D eigenvalue weighted by Crippen LogP contribution is 2.34. The molecule has 1 aliphatic rings. The maximum Gasteiger partial charge on any atom is 0.240 e. The molecular weight excluding hydrogens is 293 g/mol. The van der Waals surface area contributed by atoms with Crippen LogP contribution in [-0.2, 0) is 16.6 Å². The Bertz CT molecular complexity index is 591. The predicted molar refractivity (Wildman–Crippen MR) is 69.8 cm³/mol. The standard InChI is InChI=1S/C12H15ClFNO3S/c1-2-7-4-11(7)15-19(17,18)9-3-8(6-16)12(13)10(14)5-9/h3,5,7,11,15-16H,2,4,6H2,1H3. The molecular formula is C12H15ClFNO3S. The number of halogens is 2. The van der Waals surface area contributed by atoms with Gasteiger partial charge >= 0.3 is 0 Å². The van der Waals surface area contributed by atoms with Crippen molar-refractivity contribution >= 4 is 21.6 Å². The summed E-state index contributed by atoms with van der Waals surface area (Å²) < 4.78 is 40.2. The molecule has 106 valence electrons. The van der Waals surface area contributed by atoms with Gasteiger partial charge in [-0.05, 0) is 24.5 Å². The Balaban J connectivity index is 2.28. The van der Waals surface area contributed by atoms with Crippen LogP contribution in [0.2, 0.25) is 5.02 Å². The minimum atomic E-state index is -3.77. The number of hydrogen-bond acceptors (Lipinski definition) is 3. The summed E-state index contributed by atoms with van der Waals surface area (Å²) in [4.78, 5) is -0.208. The minimum absolute atomic E-state index is 0.0601. The predicted octanol–water partition coefficient (Wildman–Crippen LogP) is 2.05. The second-order valence-electron chi connectivity index (χ2n) is 4.67. The van der Waals surface area contributed by atoms with Gasteiger partial charge in [-0.25, -0.2) is 17.5 Å². The van der Waals surface area contributed by atoms with Crippen molar-refractivity contribution in [1.29, 1.82) is 0 Å². The monoisotopic (exact) mass is 307 g/mol. The Kier molecular flexibility index (Phi) is 4.15. The number of aliphatic hydroxyl groups excluding tert-OH is 1. The van der Waals surface area contributed by atoms with E-state index in [1.165, 1.54) is 6.07 Å². The number of sulfonamides is 1. The fourth-order valence-electron chi connectivity index (χ4n) is 2.00. The van der Waals surface area contributed by atoms with E-state index < -0.39 is 22.4 Å². The van der Waals surface area contributed by atoms with Gasteiger partial charge in [-0.1, -0.05) is 24.9 Å². The quantitative estimate of drug-likeness (QED) is 0.875. The van der Waals surface area contributed by atoms with Crippen molar-refractivity contribution < 1.29 is 17.9 Å². The molecule has 0 saturated heterocycles. The van der Waals surface area contributed by atoms with Crippen molar-refractivity contribution in [3.8, 4) is 0 Å². The summed E-state index contributed by atoms with van der Waals surface area (Å²) in [6, 6.07) is 1.98. The molecule has 1 aromatic carbocycles. The molecule has 2 atom stereocenters. The summed E-state index contributed by atoms with van der Waals surface area (Å²) in [6.45, 7) is 1.48. The second-order valence-corrected chi connectivity index (χ2v) is 6.76. The molecule has 4 nitrogen and oxygen atoms in total. The molecule has 2 unspecified atom stereocenters. The Morgan fingerprint density at radius 2 is 2.21 bits per heavy atom. The van der Waals surface area contributed by atoms with Gasteiger partial charge in [0.2, 0.25) is 10.0 Å². The summed E-state index contributed by atoms with van der Waals surface area (Å²) in [5.74, 6) is -0.499. The zero-order chi connectivity index (χ0) is 14.2. The van der Waals surface area contributed by atoms with Crippen LogP contribution in [0.15, 0.2) is 17.0 Å². The average molecular weight is 308 g/mol. The topological polar surface area (TPSA) is 66.4 Å². The maximum absolute atomic E-state index is 13.5. The number of benzene rings is 1. The first-order valence-electron chi connectivity index (χ1n) is 6.00. The molecule has 1 fully saturated rings. The van der Waals surface area contributed by atoms with Gasteiger partial charge in [0.25, 0.3) is 0 Å². The fraction of sp³-hybridized carbons (Fsp3) is 0.500. The van der Waals surface area contributed by atoms with Gasteiger partial charge in [0.05, 0.1) is 16.5 Å². The molecule has 0 amide bonds. The molecule has 0 heterocycles. The lowest BCUT2D eigenvalue weighted by Gasteiger charge is -2.09. The Morgan fingerprint density at radius 3 is 2.74 bits per heavy atom. The van der Waals surface area contributed by atoms with Gasteiger partial charge < -0.3 is 5.11 Å². The van der Waals surface area contributed by atoms with E-state index in [4.69, 9.17) is 16.7 Å². The van der Waals surface area contributed by atoms with E-state index in [2.05, 4.69) is 4.72 Å². The molecule has 2 rings (SSSR count). The van der Waals surface area contributed by atoms with Crippen LogP contribution in [0.5, 0.6) is 0 Å². The van der Waals surface area contributed by atoms with E-state index in [9.17, 15) is 12.8 Å². The Labute approximate surface area is 116 Å². The van der Waals surface area contributed by atoms with E-state index >= 15 is 0 Å². The van der Waals surface area contributed by atoms with E-state index in [-0.39, 0.29) is 21.5 Å². The Morgan fingerprint density at radius 1 is 1.53 bits per heavy atom. The van der Waals surface area contributed by atoms with Crippen molar-refractivity contribution in [1.82, 2.24) is 4.72 Å². The normalized spacial score (nSPS) is 22.5. The molecule has 1 aromatic rings. The molecule has 0 bridgehead atoms. The molecule has 2 N–H and O–H groups in total. The van der Waals surface area contributed by atoms with Crippen LogP contribution < -0.4 is 4.72 Å². The highest BCUT2D eigenvalue weighted by molar-refractivity contribution is 7.89. The highest BCUT2D eigenvalue weighted by Gasteiger charge is 2.38. The van der Waals surface area contributed by atoms with Crippen LogP contribution >= 0.6 is 11.6 Å². The maximum atomic E-state index is 13.5. The van der Waals surface area contributed by atoms with Crippen molar-refractivity contribution in [2.75, 3.05) is 0 Å². The van der Waals surface area contributed by atoms with Gasteiger partial charge in [-0.15, -0.1) is 0 Å². The summed E-state index contributed by atoms with van der Waals surface area (Å²) in [5, 5.41) is 8.79. The molecule has 19 heavy (non-hydrogen) atoms. The van der Waals surface area contributed by atoms with Crippen molar-refractivity contribution in [3.05, 3.63) is 28.5 Å². The average Bonchev–Trinajstić information content (AvgIpc) is 3.09. The van der Waals surface area contributed by atoms with Gasteiger partial charge in [0.15, 0.2) is 0 Å². The van der Waals surface area contributed by atoms with Crippen LogP contribution in [0.4, 0.5) is 4.39 Å². The SMILES string of the molecule is CCC1CC1NS(=O)(=O)c1cc(F)c(Cl)c(CO)c1. The van der Waals surface area contributed by atoms with Gasteiger partial charge in [-0.3, -0.25) is 0 Å². The van der Waals surface area contributed by atoms with E-state index in [1.54, 1.807) is 0 Å². The lowest BCUT2D eigenvalue weighted by Crippen LogP contribution is -2.27. The van der Waals surface area contributed by atoms with E-state index in [1.807, 2.05) is 6.92 Å². The van der Waals surface area contributed by atoms with Crippen LogP contribution in [0.1, 0.15) is 25.3 Å². The number of aliphatic hydroxyl groups is 1. The second kappa shape index (κ2) is 5.36. The smallest absolute Gasteiger partial charge is 0.240 e. The number of rotatable bonds is 5. The van der Waals surface area contributed by atoms with Crippen molar-refractivity contribution in [2.45, 2.75) is 37.3 Å². The minimum Gasteiger partial charge on any atom is -0.392 e. The molecule has 1 aliphatic carbocycles. The van der Waals surface area contributed by atoms with Crippen LogP contribution in [-0.4, -0.2) is 19.6 Å². The van der Waals surface area contributed by atoms with Gasteiger partial charge in [0, 0.05) is 11.6 Å². The first kappa shape index (κ1) is 14.7. The van der Waals surface area contributed by atoms with E-state index in [0.717, 1.165) is 18.9 Å². The molecule has 0 aromatic heterocycles. The third-order valence-corrected chi connectivity index (χ3v) is 5.20. The fourth-order valence-corrected chi connectivity index (χ4v) is 3.55. The van der Waals surface area contributed by atoms with Gasteiger partial charge in [0.1, 0.15) is 5.82 Å². The largest absolute Gasteiger partial charge is 0.392 e. The molecule has 0 aliphatic heterocycles. The van der Waals surface area contributed by atoms with Gasteiger partial charge in [-0.2, -0.15) is 0 Å². The van der Waals surface area contributed by atoms with Crippen molar-refractivity contribution in [2.24, 2.45) is 5.92 Å². The van der Waals surface area contributed by atoms with Crippen molar-refractivity contribution in [3.63, 3.8) is 0 Å². The lowest BCUT2D eigenvalue weighted by atomic mass is 10.2. The zero-order valence-electron chi connectivity index (χ0n) is 10.4. The first-order valence-corrected chi connectivity index (χ1v) is 7.86. The molecule has 1 saturated carbocycles.